The number of halogens is 3. The zero-order valence-electron chi connectivity index (χ0n) is 6.80. The highest BCUT2D eigenvalue weighted by Gasteiger charge is 2.19. The molecule has 0 spiro atoms. The number of thiophene rings is 1. The van der Waals surface area contributed by atoms with Crippen LogP contribution < -0.4 is 0 Å². The number of phenolic OH excluding ortho intramolecular Hbond substituents is 1. The fourth-order valence-corrected chi connectivity index (χ4v) is 3.19. The van der Waals surface area contributed by atoms with Gasteiger partial charge in [-0.1, -0.05) is 6.07 Å². The summed E-state index contributed by atoms with van der Waals surface area (Å²) in [6, 6.07) is 4.82. The van der Waals surface area contributed by atoms with Gasteiger partial charge < -0.3 is 5.11 Å². The molecule has 1 aromatic carbocycles. The van der Waals surface area contributed by atoms with Crippen LogP contribution in [0.4, 0.5) is 8.78 Å². The lowest BCUT2D eigenvalue weighted by molar-refractivity contribution is 0.155. The van der Waals surface area contributed by atoms with Gasteiger partial charge in [0, 0.05) is 14.6 Å². The average Bonchev–Trinajstić information content (AvgIpc) is 2.45. The molecule has 0 aliphatic heterocycles. The van der Waals surface area contributed by atoms with Crippen molar-refractivity contribution in [3.05, 3.63) is 27.5 Å². The van der Waals surface area contributed by atoms with Gasteiger partial charge >= 0.3 is 0 Å². The summed E-state index contributed by atoms with van der Waals surface area (Å²) in [6.45, 7) is 0. The summed E-state index contributed by atoms with van der Waals surface area (Å²) >= 11 is 4.06. The van der Waals surface area contributed by atoms with Crippen molar-refractivity contribution in [2.75, 3.05) is 0 Å². The molecule has 1 aromatic heterocycles. The number of alkyl halides is 2. The minimum Gasteiger partial charge on any atom is -0.507 e. The molecule has 0 fully saturated rings. The summed E-state index contributed by atoms with van der Waals surface area (Å²) in [6.07, 6.45) is -2.51. The Morgan fingerprint density at radius 2 is 2.07 bits per heavy atom. The van der Waals surface area contributed by atoms with Crippen LogP contribution in [0.3, 0.4) is 0 Å². The van der Waals surface area contributed by atoms with Crippen LogP contribution >= 0.6 is 27.3 Å². The lowest BCUT2D eigenvalue weighted by atomic mass is 10.2. The SMILES string of the molecule is Oc1cccc2sc(C(F)F)c(Br)c12. The Morgan fingerprint density at radius 1 is 1.36 bits per heavy atom. The monoisotopic (exact) mass is 278 g/mol. The topological polar surface area (TPSA) is 20.2 Å². The van der Waals surface area contributed by atoms with Crippen molar-refractivity contribution in [2.24, 2.45) is 0 Å². The summed E-state index contributed by atoms with van der Waals surface area (Å²) < 4.78 is 25.9. The van der Waals surface area contributed by atoms with E-state index in [1.54, 1.807) is 12.1 Å². The van der Waals surface area contributed by atoms with Crippen molar-refractivity contribution < 1.29 is 13.9 Å². The molecule has 74 valence electrons. The van der Waals surface area contributed by atoms with Crippen LogP contribution in [0.15, 0.2) is 22.7 Å². The van der Waals surface area contributed by atoms with E-state index in [0.29, 0.717) is 14.6 Å². The van der Waals surface area contributed by atoms with E-state index in [2.05, 4.69) is 15.9 Å². The van der Waals surface area contributed by atoms with Gasteiger partial charge in [-0.15, -0.1) is 11.3 Å². The molecule has 0 aliphatic rings. The van der Waals surface area contributed by atoms with Gasteiger partial charge in [0.15, 0.2) is 0 Å². The van der Waals surface area contributed by atoms with Gasteiger partial charge in [-0.3, -0.25) is 0 Å². The van der Waals surface area contributed by atoms with Crippen molar-refractivity contribution >= 4 is 37.4 Å². The molecule has 2 rings (SSSR count). The molecule has 1 nitrogen and oxygen atoms in total. The first-order chi connectivity index (χ1) is 6.61. The van der Waals surface area contributed by atoms with E-state index >= 15 is 0 Å². The summed E-state index contributed by atoms with van der Waals surface area (Å²) in [5.41, 5.74) is 0. The minimum absolute atomic E-state index is 0.0255. The smallest absolute Gasteiger partial charge is 0.273 e. The number of hydrogen-bond acceptors (Lipinski definition) is 2. The van der Waals surface area contributed by atoms with Crippen LogP contribution in [-0.4, -0.2) is 5.11 Å². The first-order valence-corrected chi connectivity index (χ1v) is 5.40. The largest absolute Gasteiger partial charge is 0.507 e. The predicted molar refractivity (Wildman–Crippen MR) is 56.1 cm³/mol. The summed E-state index contributed by atoms with van der Waals surface area (Å²) in [4.78, 5) is -0.0403. The van der Waals surface area contributed by atoms with E-state index < -0.39 is 6.43 Å². The molecule has 0 saturated heterocycles. The maximum atomic E-state index is 12.5. The lowest BCUT2D eigenvalue weighted by Crippen LogP contribution is -1.77. The Hall–Kier alpha value is -0.680. The van der Waals surface area contributed by atoms with Gasteiger partial charge in [-0.25, -0.2) is 8.78 Å². The van der Waals surface area contributed by atoms with Crippen LogP contribution in [0, 0.1) is 0 Å². The van der Waals surface area contributed by atoms with E-state index in [9.17, 15) is 13.9 Å². The second-order valence-corrected chi connectivity index (χ2v) is 4.61. The van der Waals surface area contributed by atoms with Crippen LogP contribution in [0.2, 0.25) is 0 Å². The number of fused-ring (bicyclic) bond motifs is 1. The first kappa shape index (κ1) is 9.86. The van der Waals surface area contributed by atoms with Gasteiger partial charge in [0.05, 0.1) is 4.88 Å². The van der Waals surface area contributed by atoms with Crippen molar-refractivity contribution in [3.63, 3.8) is 0 Å². The van der Waals surface area contributed by atoms with Crippen LogP contribution in [0.5, 0.6) is 5.75 Å². The van der Waals surface area contributed by atoms with Crippen LogP contribution in [-0.2, 0) is 0 Å². The Balaban J connectivity index is 2.81. The third-order valence-electron chi connectivity index (χ3n) is 1.86. The Labute approximate surface area is 91.1 Å². The molecule has 0 saturated carbocycles. The van der Waals surface area contributed by atoms with E-state index in [0.717, 1.165) is 11.3 Å². The normalized spacial score (nSPS) is 11.4. The fourth-order valence-electron chi connectivity index (χ4n) is 1.25. The molecule has 0 amide bonds. The van der Waals surface area contributed by atoms with Crippen molar-refractivity contribution in [3.8, 4) is 5.75 Å². The van der Waals surface area contributed by atoms with Crippen LogP contribution in [0.25, 0.3) is 10.1 Å². The molecular formula is C9H5BrF2OS. The van der Waals surface area contributed by atoms with Gasteiger partial charge in [-0.2, -0.15) is 0 Å². The second kappa shape index (κ2) is 3.47. The summed E-state index contributed by atoms with van der Waals surface area (Å²) in [7, 11) is 0. The summed E-state index contributed by atoms with van der Waals surface area (Å²) in [5, 5.41) is 9.94. The molecule has 0 atom stereocenters. The molecule has 0 radical (unpaired) electrons. The molecule has 0 aliphatic carbocycles. The molecule has 0 bridgehead atoms. The van der Waals surface area contributed by atoms with E-state index in [4.69, 9.17) is 0 Å². The van der Waals surface area contributed by atoms with Crippen molar-refractivity contribution in [1.82, 2.24) is 0 Å². The Kier molecular flexibility index (Phi) is 2.45. The zero-order chi connectivity index (χ0) is 10.3. The van der Waals surface area contributed by atoms with Crippen molar-refractivity contribution in [1.29, 1.82) is 0 Å². The second-order valence-electron chi connectivity index (χ2n) is 2.73. The van der Waals surface area contributed by atoms with Gasteiger partial charge in [0.2, 0.25) is 0 Å². The number of hydrogen-bond donors (Lipinski definition) is 1. The predicted octanol–water partition coefficient (Wildman–Crippen LogP) is 4.31. The quantitative estimate of drug-likeness (QED) is 0.824. The highest BCUT2D eigenvalue weighted by atomic mass is 79.9. The fraction of sp³-hybridized carbons (Fsp3) is 0.111. The molecule has 5 heteroatoms. The van der Waals surface area contributed by atoms with Crippen molar-refractivity contribution in [2.45, 2.75) is 6.43 Å². The maximum Gasteiger partial charge on any atom is 0.273 e. The summed E-state index contributed by atoms with van der Waals surface area (Å²) in [5.74, 6) is 0.0255. The molecule has 2 aromatic rings. The number of aromatic hydroxyl groups is 1. The maximum absolute atomic E-state index is 12.5. The zero-order valence-corrected chi connectivity index (χ0v) is 9.20. The molecular weight excluding hydrogens is 274 g/mol. The lowest BCUT2D eigenvalue weighted by Gasteiger charge is -1.95. The van der Waals surface area contributed by atoms with Crippen LogP contribution in [0.1, 0.15) is 11.3 Å². The molecule has 14 heavy (non-hydrogen) atoms. The minimum atomic E-state index is -2.51. The van der Waals surface area contributed by atoms with E-state index in [1.165, 1.54) is 6.07 Å². The highest BCUT2D eigenvalue weighted by Crippen LogP contribution is 2.44. The van der Waals surface area contributed by atoms with E-state index in [-0.39, 0.29) is 10.6 Å². The third-order valence-corrected chi connectivity index (χ3v) is 4.11. The molecule has 1 N–H and O–H groups in total. The van der Waals surface area contributed by atoms with Gasteiger partial charge in [-0.05, 0) is 28.1 Å². The Morgan fingerprint density at radius 3 is 2.64 bits per heavy atom. The van der Waals surface area contributed by atoms with Gasteiger partial charge in [0.25, 0.3) is 6.43 Å². The Bertz CT molecular complexity index is 481. The standard InChI is InChI=1S/C9H5BrF2OS/c10-7-6-4(13)2-1-3-5(6)14-8(7)9(11)12/h1-3,9,13H. The first-order valence-electron chi connectivity index (χ1n) is 3.79. The highest BCUT2D eigenvalue weighted by molar-refractivity contribution is 9.10. The average molecular weight is 279 g/mol. The number of phenols is 1. The van der Waals surface area contributed by atoms with Gasteiger partial charge in [0.1, 0.15) is 5.75 Å². The third kappa shape index (κ3) is 1.40. The molecule has 1 heterocycles. The number of benzene rings is 1. The molecule has 0 unspecified atom stereocenters. The van der Waals surface area contributed by atoms with E-state index in [1.807, 2.05) is 0 Å². The number of rotatable bonds is 1.